The smallest absolute Gasteiger partial charge is 0.278 e. The molecule has 0 saturated heterocycles. The Morgan fingerprint density at radius 1 is 1.33 bits per heavy atom. The summed E-state index contributed by atoms with van der Waals surface area (Å²) in [5.74, 6) is -3.51. The Morgan fingerprint density at radius 2 is 2.07 bits per heavy atom. The third kappa shape index (κ3) is 5.16. The molecule has 2 aromatic rings. The van der Waals surface area contributed by atoms with E-state index in [2.05, 4.69) is 20.3 Å². The van der Waals surface area contributed by atoms with Crippen LogP contribution in [0.2, 0.25) is 0 Å². The number of nitrogens with zero attached hydrogens (tertiary/aromatic N) is 4. The monoisotopic (exact) mass is 421 g/mol. The SMILES string of the molecule is CC(=O)Nc1nc(C)cc(C(=O)N2Cc3ccc(OCC(C)(F)F)nc3OC2C)n1. The van der Waals surface area contributed by atoms with Crippen molar-refractivity contribution in [3.05, 3.63) is 35.2 Å². The van der Waals surface area contributed by atoms with Gasteiger partial charge in [-0.3, -0.25) is 19.8 Å². The van der Waals surface area contributed by atoms with Gasteiger partial charge in [-0.05, 0) is 26.0 Å². The Labute approximate surface area is 171 Å². The van der Waals surface area contributed by atoms with E-state index >= 15 is 0 Å². The van der Waals surface area contributed by atoms with Gasteiger partial charge in [0.2, 0.25) is 23.6 Å². The number of carbonyl (C=O) groups is 2. The molecule has 0 saturated carbocycles. The number of hydrogen-bond donors (Lipinski definition) is 1. The van der Waals surface area contributed by atoms with Crippen molar-refractivity contribution in [2.24, 2.45) is 0 Å². The van der Waals surface area contributed by atoms with E-state index < -0.39 is 24.7 Å². The molecule has 0 radical (unpaired) electrons. The van der Waals surface area contributed by atoms with Crippen LogP contribution in [0.3, 0.4) is 0 Å². The molecule has 0 bridgehead atoms. The minimum absolute atomic E-state index is 0.00799. The summed E-state index contributed by atoms with van der Waals surface area (Å²) in [6, 6.07) is 4.55. The third-order valence-electron chi connectivity index (χ3n) is 4.07. The van der Waals surface area contributed by atoms with E-state index in [4.69, 9.17) is 9.47 Å². The highest BCUT2D eigenvalue weighted by atomic mass is 19.3. The standard InChI is InChI=1S/C19H21F2N5O4/c1-10-7-14(24-18(22-10)23-11(2)27)17(28)26-8-13-5-6-15(29-9-19(4,20)21)25-16(13)30-12(26)3/h5-7,12H,8-9H2,1-4H3,(H,22,23,24,27). The summed E-state index contributed by atoms with van der Waals surface area (Å²) in [7, 11) is 0. The largest absolute Gasteiger partial charge is 0.471 e. The molecule has 1 N–H and O–H groups in total. The fourth-order valence-corrected chi connectivity index (χ4v) is 2.77. The molecule has 1 aliphatic heterocycles. The van der Waals surface area contributed by atoms with E-state index in [1.807, 2.05) is 0 Å². The lowest BCUT2D eigenvalue weighted by Gasteiger charge is -2.34. The van der Waals surface area contributed by atoms with Crippen molar-refractivity contribution in [1.82, 2.24) is 19.9 Å². The highest BCUT2D eigenvalue weighted by Gasteiger charge is 2.31. The lowest BCUT2D eigenvalue weighted by Crippen LogP contribution is -2.45. The van der Waals surface area contributed by atoms with Crippen LogP contribution < -0.4 is 14.8 Å². The number of anilines is 1. The molecule has 9 nitrogen and oxygen atoms in total. The van der Waals surface area contributed by atoms with E-state index in [1.165, 1.54) is 24.0 Å². The van der Waals surface area contributed by atoms with Gasteiger partial charge in [0.1, 0.15) is 5.69 Å². The molecule has 2 aromatic heterocycles. The molecule has 0 aliphatic carbocycles. The molecule has 1 unspecified atom stereocenters. The fraction of sp³-hybridized carbons (Fsp3) is 0.421. The summed E-state index contributed by atoms with van der Waals surface area (Å²) < 4.78 is 36.6. The normalized spacial score (nSPS) is 15.8. The van der Waals surface area contributed by atoms with Crippen LogP contribution >= 0.6 is 0 Å². The Balaban J connectivity index is 1.79. The minimum atomic E-state index is -2.99. The second-order valence-corrected chi connectivity index (χ2v) is 7.02. The molecule has 0 fully saturated rings. The summed E-state index contributed by atoms with van der Waals surface area (Å²) in [6.45, 7) is 4.77. The van der Waals surface area contributed by atoms with Crippen molar-refractivity contribution in [3.63, 3.8) is 0 Å². The molecule has 0 spiro atoms. The quantitative estimate of drug-likeness (QED) is 0.791. The van der Waals surface area contributed by atoms with Crippen molar-refractivity contribution in [3.8, 4) is 11.8 Å². The summed E-state index contributed by atoms with van der Waals surface area (Å²) in [5.41, 5.74) is 1.20. The van der Waals surface area contributed by atoms with Crippen LogP contribution in [0.15, 0.2) is 18.2 Å². The highest BCUT2D eigenvalue weighted by molar-refractivity contribution is 5.93. The van der Waals surface area contributed by atoms with Crippen LogP contribution in [0.5, 0.6) is 11.8 Å². The lowest BCUT2D eigenvalue weighted by atomic mass is 10.2. The van der Waals surface area contributed by atoms with Gasteiger partial charge in [-0.25, -0.2) is 18.7 Å². The van der Waals surface area contributed by atoms with Gasteiger partial charge in [0.05, 0.1) is 6.54 Å². The van der Waals surface area contributed by atoms with E-state index in [0.29, 0.717) is 11.3 Å². The minimum Gasteiger partial charge on any atom is -0.471 e. The Hall–Kier alpha value is -3.37. The van der Waals surface area contributed by atoms with Gasteiger partial charge >= 0.3 is 0 Å². The van der Waals surface area contributed by atoms with Gasteiger partial charge in [0.25, 0.3) is 11.8 Å². The molecule has 1 atom stereocenters. The van der Waals surface area contributed by atoms with Crippen LogP contribution in [0.4, 0.5) is 14.7 Å². The first-order chi connectivity index (χ1) is 14.0. The third-order valence-corrected chi connectivity index (χ3v) is 4.07. The number of halogens is 2. The first kappa shape index (κ1) is 21.3. The number of hydrogen-bond acceptors (Lipinski definition) is 7. The Bertz CT molecular complexity index is 980. The second kappa shape index (κ2) is 8.17. The van der Waals surface area contributed by atoms with Crippen molar-refractivity contribution < 1.29 is 27.8 Å². The van der Waals surface area contributed by atoms with Gasteiger partial charge < -0.3 is 9.47 Å². The van der Waals surface area contributed by atoms with Crippen LogP contribution in [-0.4, -0.2) is 50.4 Å². The van der Waals surface area contributed by atoms with Gasteiger partial charge in [-0.15, -0.1) is 0 Å². The van der Waals surface area contributed by atoms with Crippen molar-refractivity contribution in [1.29, 1.82) is 0 Å². The van der Waals surface area contributed by atoms with Gasteiger partial charge in [-0.2, -0.15) is 4.98 Å². The number of pyridine rings is 1. The maximum atomic E-state index is 13.0. The van der Waals surface area contributed by atoms with Crippen molar-refractivity contribution >= 4 is 17.8 Å². The van der Waals surface area contributed by atoms with Crippen LogP contribution in [-0.2, 0) is 11.3 Å². The number of rotatable bonds is 5. The van der Waals surface area contributed by atoms with E-state index in [0.717, 1.165) is 6.92 Å². The Morgan fingerprint density at radius 3 is 2.73 bits per heavy atom. The molecule has 3 heterocycles. The van der Waals surface area contributed by atoms with Crippen molar-refractivity contribution in [2.45, 2.75) is 46.4 Å². The zero-order valence-corrected chi connectivity index (χ0v) is 16.9. The summed E-state index contributed by atoms with van der Waals surface area (Å²) in [5, 5.41) is 2.46. The van der Waals surface area contributed by atoms with E-state index in [9.17, 15) is 18.4 Å². The van der Waals surface area contributed by atoms with E-state index in [1.54, 1.807) is 19.9 Å². The number of fused-ring (bicyclic) bond motifs is 1. The first-order valence-electron chi connectivity index (χ1n) is 9.13. The van der Waals surface area contributed by atoms with Crippen molar-refractivity contribution in [2.75, 3.05) is 11.9 Å². The topological polar surface area (TPSA) is 107 Å². The molecule has 2 amide bonds. The predicted octanol–water partition coefficient (Wildman–Crippen LogP) is 2.55. The lowest BCUT2D eigenvalue weighted by molar-refractivity contribution is -0.114. The van der Waals surface area contributed by atoms with Crippen LogP contribution in [0.1, 0.15) is 42.5 Å². The summed E-state index contributed by atoms with van der Waals surface area (Å²) >= 11 is 0. The van der Waals surface area contributed by atoms with Gasteiger partial charge in [0, 0.05) is 31.2 Å². The predicted molar refractivity (Wildman–Crippen MR) is 101 cm³/mol. The fourth-order valence-electron chi connectivity index (χ4n) is 2.77. The number of ether oxygens (including phenoxy) is 2. The molecule has 160 valence electrons. The number of alkyl halides is 2. The zero-order valence-electron chi connectivity index (χ0n) is 16.9. The van der Waals surface area contributed by atoms with Gasteiger partial charge in [-0.1, -0.05) is 0 Å². The number of aryl methyl sites for hydroxylation is 1. The molecule has 0 aromatic carbocycles. The number of nitrogens with one attached hydrogen (secondary N) is 1. The maximum absolute atomic E-state index is 13.0. The molecule has 11 heteroatoms. The molecule has 1 aliphatic rings. The molecule has 3 rings (SSSR count). The summed E-state index contributed by atoms with van der Waals surface area (Å²) in [6.07, 6.45) is -0.695. The molecular formula is C19H21F2N5O4. The van der Waals surface area contributed by atoms with E-state index in [-0.39, 0.29) is 35.9 Å². The average molecular weight is 421 g/mol. The zero-order chi connectivity index (χ0) is 22.1. The first-order valence-corrected chi connectivity index (χ1v) is 9.13. The summed E-state index contributed by atoms with van der Waals surface area (Å²) in [4.78, 5) is 38.0. The van der Waals surface area contributed by atoms with Crippen LogP contribution in [0, 0.1) is 6.92 Å². The van der Waals surface area contributed by atoms with Crippen LogP contribution in [0.25, 0.3) is 0 Å². The molecular weight excluding hydrogens is 400 g/mol. The Kier molecular flexibility index (Phi) is 5.81. The number of carbonyl (C=O) groups excluding carboxylic acids is 2. The van der Waals surface area contributed by atoms with Gasteiger partial charge in [0.15, 0.2) is 12.8 Å². The average Bonchev–Trinajstić information content (AvgIpc) is 2.63. The maximum Gasteiger partial charge on any atom is 0.278 e. The number of amides is 2. The highest BCUT2D eigenvalue weighted by Crippen LogP contribution is 2.29. The second-order valence-electron chi connectivity index (χ2n) is 7.02. The molecule has 30 heavy (non-hydrogen) atoms. The number of aromatic nitrogens is 3.